The maximum atomic E-state index is 12.6. The molecule has 1 fully saturated rings. The van der Waals surface area contributed by atoms with Crippen molar-refractivity contribution in [1.29, 1.82) is 0 Å². The molecule has 5 heteroatoms. The topological polar surface area (TPSA) is 56.8 Å². The average Bonchev–Trinajstić information content (AvgIpc) is 2.59. The van der Waals surface area contributed by atoms with Crippen molar-refractivity contribution < 1.29 is 19.0 Å². The molecule has 0 radical (unpaired) electrons. The van der Waals surface area contributed by atoms with E-state index in [2.05, 4.69) is 19.2 Å². The van der Waals surface area contributed by atoms with Gasteiger partial charge in [-0.25, -0.2) is 0 Å². The van der Waals surface area contributed by atoms with Gasteiger partial charge in [0, 0.05) is 19.1 Å². The molecule has 5 nitrogen and oxygen atoms in total. The number of amides is 1. The summed E-state index contributed by atoms with van der Waals surface area (Å²) in [5.74, 6) is 2.02. The third kappa shape index (κ3) is 3.78. The monoisotopic (exact) mass is 319 g/mol. The van der Waals surface area contributed by atoms with Crippen LogP contribution in [0.25, 0.3) is 0 Å². The Morgan fingerprint density at radius 2 is 1.78 bits per heavy atom. The standard InChI is InChI=1S/C18H25NO4/c1-12(2)17(19-18(20)13-5-7-21-8-6-13)14-3-4-15-16(11-14)23-10-9-22-15/h3-4,11-13,17H,5-10H2,1-2H3,(H,19,20). The van der Waals surface area contributed by atoms with Crippen LogP contribution in [0.15, 0.2) is 18.2 Å². The smallest absolute Gasteiger partial charge is 0.223 e. The Morgan fingerprint density at radius 3 is 2.48 bits per heavy atom. The van der Waals surface area contributed by atoms with Gasteiger partial charge in [-0.15, -0.1) is 0 Å². The normalized spacial score (nSPS) is 19.4. The van der Waals surface area contributed by atoms with E-state index < -0.39 is 0 Å². The number of rotatable bonds is 4. The summed E-state index contributed by atoms with van der Waals surface area (Å²) in [6.07, 6.45) is 1.61. The van der Waals surface area contributed by atoms with E-state index in [0.717, 1.165) is 29.9 Å². The number of hydrogen-bond donors (Lipinski definition) is 1. The number of ether oxygens (including phenoxy) is 3. The van der Waals surface area contributed by atoms with E-state index in [1.807, 2.05) is 18.2 Å². The Balaban J connectivity index is 1.74. The number of benzene rings is 1. The summed E-state index contributed by atoms with van der Waals surface area (Å²) in [5, 5.41) is 3.22. The summed E-state index contributed by atoms with van der Waals surface area (Å²) in [6.45, 7) is 6.73. The summed E-state index contributed by atoms with van der Waals surface area (Å²) < 4.78 is 16.6. The Labute approximate surface area is 137 Å². The van der Waals surface area contributed by atoms with Gasteiger partial charge in [0.15, 0.2) is 11.5 Å². The average molecular weight is 319 g/mol. The molecule has 0 spiro atoms. The Morgan fingerprint density at radius 1 is 1.09 bits per heavy atom. The van der Waals surface area contributed by atoms with E-state index in [0.29, 0.717) is 32.3 Å². The van der Waals surface area contributed by atoms with Crippen LogP contribution in [0.4, 0.5) is 0 Å². The van der Waals surface area contributed by atoms with Crippen molar-refractivity contribution in [2.75, 3.05) is 26.4 Å². The van der Waals surface area contributed by atoms with E-state index in [1.54, 1.807) is 0 Å². The molecule has 1 atom stereocenters. The van der Waals surface area contributed by atoms with Gasteiger partial charge in [-0.1, -0.05) is 19.9 Å². The number of nitrogens with one attached hydrogen (secondary N) is 1. The molecule has 1 N–H and O–H groups in total. The molecular formula is C18H25NO4. The maximum Gasteiger partial charge on any atom is 0.223 e. The molecule has 1 saturated heterocycles. The van der Waals surface area contributed by atoms with Gasteiger partial charge in [-0.05, 0) is 36.5 Å². The first-order chi connectivity index (χ1) is 11.1. The fraction of sp³-hybridized carbons (Fsp3) is 0.611. The molecule has 23 heavy (non-hydrogen) atoms. The predicted octanol–water partition coefficient (Wildman–Crippen LogP) is 2.70. The summed E-state index contributed by atoms with van der Waals surface area (Å²) in [7, 11) is 0. The number of fused-ring (bicyclic) bond motifs is 1. The molecule has 0 aliphatic carbocycles. The van der Waals surface area contributed by atoms with E-state index in [1.165, 1.54) is 0 Å². The van der Waals surface area contributed by atoms with E-state index >= 15 is 0 Å². The molecule has 2 heterocycles. The van der Waals surface area contributed by atoms with Gasteiger partial charge in [0.1, 0.15) is 13.2 Å². The molecular weight excluding hydrogens is 294 g/mol. The first-order valence-corrected chi connectivity index (χ1v) is 8.43. The largest absolute Gasteiger partial charge is 0.486 e. The van der Waals surface area contributed by atoms with Crippen molar-refractivity contribution in [2.45, 2.75) is 32.7 Å². The Bertz CT molecular complexity index is 552. The number of carbonyl (C=O) groups is 1. The maximum absolute atomic E-state index is 12.6. The molecule has 1 aromatic rings. The van der Waals surface area contributed by atoms with Gasteiger partial charge >= 0.3 is 0 Å². The molecule has 3 rings (SSSR count). The lowest BCUT2D eigenvalue weighted by molar-refractivity contribution is -0.129. The van der Waals surface area contributed by atoms with Crippen molar-refractivity contribution in [3.63, 3.8) is 0 Å². The molecule has 0 saturated carbocycles. The summed E-state index contributed by atoms with van der Waals surface area (Å²) in [5.41, 5.74) is 1.06. The van der Waals surface area contributed by atoms with E-state index in [-0.39, 0.29) is 17.9 Å². The van der Waals surface area contributed by atoms with Crippen LogP contribution in [0.3, 0.4) is 0 Å². The highest BCUT2D eigenvalue weighted by Gasteiger charge is 2.26. The highest BCUT2D eigenvalue weighted by atomic mass is 16.6. The Kier molecular flexibility index (Phi) is 5.06. The quantitative estimate of drug-likeness (QED) is 0.927. The predicted molar refractivity (Wildman–Crippen MR) is 86.7 cm³/mol. The highest BCUT2D eigenvalue weighted by Crippen LogP contribution is 2.34. The lowest BCUT2D eigenvalue weighted by Crippen LogP contribution is -2.38. The van der Waals surface area contributed by atoms with E-state index in [9.17, 15) is 4.79 Å². The van der Waals surface area contributed by atoms with Crippen molar-refractivity contribution in [3.05, 3.63) is 23.8 Å². The molecule has 2 aliphatic heterocycles. The van der Waals surface area contributed by atoms with Crippen molar-refractivity contribution >= 4 is 5.91 Å². The van der Waals surface area contributed by atoms with Crippen molar-refractivity contribution in [1.82, 2.24) is 5.32 Å². The second-order valence-electron chi connectivity index (χ2n) is 6.52. The minimum absolute atomic E-state index is 0.0267. The van der Waals surface area contributed by atoms with Crippen LogP contribution in [0.5, 0.6) is 11.5 Å². The third-order valence-electron chi connectivity index (χ3n) is 4.48. The SMILES string of the molecule is CC(C)C(NC(=O)C1CCOCC1)c1ccc2c(c1)OCCO2. The van der Waals surface area contributed by atoms with Gasteiger partial charge in [-0.3, -0.25) is 4.79 Å². The van der Waals surface area contributed by atoms with Crippen molar-refractivity contribution in [2.24, 2.45) is 11.8 Å². The molecule has 0 aromatic heterocycles. The third-order valence-corrected chi connectivity index (χ3v) is 4.48. The zero-order chi connectivity index (χ0) is 16.2. The number of carbonyl (C=O) groups excluding carboxylic acids is 1. The van der Waals surface area contributed by atoms with Gasteiger partial charge in [-0.2, -0.15) is 0 Å². The fourth-order valence-electron chi connectivity index (χ4n) is 3.12. The van der Waals surface area contributed by atoms with Gasteiger partial charge in [0.05, 0.1) is 6.04 Å². The van der Waals surface area contributed by atoms with Crippen LogP contribution in [-0.4, -0.2) is 32.3 Å². The second-order valence-corrected chi connectivity index (χ2v) is 6.52. The zero-order valence-electron chi connectivity index (χ0n) is 13.8. The zero-order valence-corrected chi connectivity index (χ0v) is 13.8. The first-order valence-electron chi connectivity index (χ1n) is 8.43. The van der Waals surface area contributed by atoms with Crippen molar-refractivity contribution in [3.8, 4) is 11.5 Å². The van der Waals surface area contributed by atoms with Gasteiger partial charge in [0.2, 0.25) is 5.91 Å². The Hall–Kier alpha value is -1.75. The summed E-state index contributed by atoms with van der Waals surface area (Å²) >= 11 is 0. The van der Waals surface area contributed by atoms with Gasteiger partial charge < -0.3 is 19.5 Å². The number of hydrogen-bond acceptors (Lipinski definition) is 4. The van der Waals surface area contributed by atoms with E-state index in [4.69, 9.17) is 14.2 Å². The summed E-state index contributed by atoms with van der Waals surface area (Å²) in [6, 6.07) is 5.91. The molecule has 1 unspecified atom stereocenters. The molecule has 0 bridgehead atoms. The van der Waals surface area contributed by atoms with Crippen LogP contribution in [0.2, 0.25) is 0 Å². The summed E-state index contributed by atoms with van der Waals surface area (Å²) in [4.78, 5) is 12.6. The molecule has 1 amide bonds. The van der Waals surface area contributed by atoms with Crippen LogP contribution in [0.1, 0.15) is 38.3 Å². The minimum Gasteiger partial charge on any atom is -0.486 e. The van der Waals surface area contributed by atoms with Crippen LogP contribution >= 0.6 is 0 Å². The first kappa shape index (κ1) is 16.1. The molecule has 126 valence electrons. The van der Waals surface area contributed by atoms with Crippen LogP contribution < -0.4 is 14.8 Å². The lowest BCUT2D eigenvalue weighted by atomic mass is 9.93. The van der Waals surface area contributed by atoms with Crippen LogP contribution in [-0.2, 0) is 9.53 Å². The second kappa shape index (κ2) is 7.21. The van der Waals surface area contributed by atoms with Gasteiger partial charge in [0.25, 0.3) is 0 Å². The fourth-order valence-corrected chi connectivity index (χ4v) is 3.12. The molecule has 2 aliphatic rings. The lowest BCUT2D eigenvalue weighted by Gasteiger charge is -2.28. The molecule has 1 aromatic carbocycles. The minimum atomic E-state index is -0.0267. The van der Waals surface area contributed by atoms with Crippen LogP contribution in [0, 0.1) is 11.8 Å². The highest BCUT2D eigenvalue weighted by molar-refractivity contribution is 5.79.